The van der Waals surface area contributed by atoms with Gasteiger partial charge in [0.1, 0.15) is 9.84 Å². The number of halogens is 1. The summed E-state index contributed by atoms with van der Waals surface area (Å²) in [5, 5.41) is 6.13. The Kier molecular flexibility index (Phi) is 13.8. The van der Waals surface area contributed by atoms with Crippen molar-refractivity contribution in [1.29, 1.82) is 0 Å². The van der Waals surface area contributed by atoms with Gasteiger partial charge in [-0.05, 0) is 39.5 Å². The molecule has 0 saturated carbocycles. The molecule has 0 aliphatic carbocycles. The topological polar surface area (TPSA) is 126 Å². The zero-order chi connectivity index (χ0) is 20.3. The van der Waals surface area contributed by atoms with Crippen LogP contribution in [-0.4, -0.2) is 78.9 Å². The van der Waals surface area contributed by atoms with Crippen LogP contribution in [-0.2, 0) is 24.6 Å². The van der Waals surface area contributed by atoms with Crippen LogP contribution in [0.4, 0.5) is 0 Å². The van der Waals surface area contributed by atoms with E-state index in [2.05, 4.69) is 20.3 Å². The molecular formula is C16H35IN4O5S2. The molecule has 1 saturated heterocycles. The normalized spacial score (nSPS) is 19.5. The first-order valence-electron chi connectivity index (χ1n) is 9.43. The zero-order valence-electron chi connectivity index (χ0n) is 16.9. The molecule has 9 nitrogen and oxygen atoms in total. The molecule has 1 fully saturated rings. The van der Waals surface area contributed by atoms with Crippen LogP contribution >= 0.6 is 24.0 Å². The SMILES string of the molecule is CCNC(=NCCS(=O)(=O)NCC1CCCCO1)NC(C)CCS(C)(=O)=O.I. The van der Waals surface area contributed by atoms with E-state index in [1.54, 1.807) is 0 Å². The summed E-state index contributed by atoms with van der Waals surface area (Å²) >= 11 is 0. The Bertz CT molecular complexity index is 665. The molecule has 0 aromatic rings. The molecule has 3 N–H and O–H groups in total. The van der Waals surface area contributed by atoms with E-state index >= 15 is 0 Å². The summed E-state index contributed by atoms with van der Waals surface area (Å²) in [6.07, 6.45) is 4.57. The largest absolute Gasteiger partial charge is 0.377 e. The van der Waals surface area contributed by atoms with E-state index in [1.807, 2.05) is 13.8 Å². The molecule has 2 unspecified atom stereocenters. The van der Waals surface area contributed by atoms with Crippen LogP contribution in [0, 0.1) is 0 Å². The highest BCUT2D eigenvalue weighted by Crippen LogP contribution is 2.11. The van der Waals surface area contributed by atoms with Gasteiger partial charge in [0.25, 0.3) is 0 Å². The Hall–Kier alpha value is -0.180. The number of nitrogens with one attached hydrogen (secondary N) is 3. The summed E-state index contributed by atoms with van der Waals surface area (Å²) < 4.78 is 54.8. The molecule has 1 heterocycles. The van der Waals surface area contributed by atoms with E-state index in [0.717, 1.165) is 19.3 Å². The van der Waals surface area contributed by atoms with Crippen LogP contribution in [0.25, 0.3) is 0 Å². The standard InChI is InChI=1S/C16H34N4O5S2.HI/c1-4-17-16(20-14(2)8-11-26(3,21)22)18-9-12-27(23,24)19-13-15-7-5-6-10-25-15;/h14-15,19H,4-13H2,1-3H3,(H2,17,18,20);1H. The second-order valence-corrected chi connectivity index (χ2v) is 11.1. The third-order valence-corrected chi connectivity index (χ3v) is 6.39. The summed E-state index contributed by atoms with van der Waals surface area (Å²) in [6.45, 7) is 5.48. The van der Waals surface area contributed by atoms with Crippen LogP contribution in [0.2, 0.25) is 0 Å². The fourth-order valence-electron chi connectivity index (χ4n) is 2.55. The number of ether oxygens (including phenoxy) is 1. The number of rotatable bonds is 11. The van der Waals surface area contributed by atoms with Crippen molar-refractivity contribution in [2.24, 2.45) is 4.99 Å². The summed E-state index contributed by atoms with van der Waals surface area (Å²) in [4.78, 5) is 4.27. The average molecular weight is 555 g/mol. The van der Waals surface area contributed by atoms with Gasteiger partial charge in [0.15, 0.2) is 5.96 Å². The van der Waals surface area contributed by atoms with Gasteiger partial charge in [0.2, 0.25) is 10.0 Å². The van der Waals surface area contributed by atoms with E-state index in [4.69, 9.17) is 4.74 Å². The predicted octanol–water partition coefficient (Wildman–Crippen LogP) is 0.471. The fourth-order valence-corrected chi connectivity index (χ4v) is 4.25. The molecular weight excluding hydrogens is 519 g/mol. The molecule has 0 bridgehead atoms. The molecule has 168 valence electrons. The number of hydrogen-bond donors (Lipinski definition) is 3. The molecule has 0 spiro atoms. The number of hydrogen-bond acceptors (Lipinski definition) is 6. The van der Waals surface area contributed by atoms with Crippen molar-refractivity contribution in [2.75, 3.05) is 44.0 Å². The summed E-state index contributed by atoms with van der Waals surface area (Å²) in [6, 6.07) is -0.101. The van der Waals surface area contributed by atoms with Crippen molar-refractivity contribution in [1.82, 2.24) is 15.4 Å². The maximum absolute atomic E-state index is 12.1. The number of sulfone groups is 1. The highest BCUT2D eigenvalue weighted by atomic mass is 127. The molecule has 1 rings (SSSR count). The number of guanidine groups is 1. The third-order valence-electron chi connectivity index (χ3n) is 4.08. The predicted molar refractivity (Wildman–Crippen MR) is 124 cm³/mol. The van der Waals surface area contributed by atoms with E-state index in [-0.39, 0.29) is 54.2 Å². The molecule has 1 aliphatic rings. The van der Waals surface area contributed by atoms with Gasteiger partial charge < -0.3 is 15.4 Å². The van der Waals surface area contributed by atoms with Crippen LogP contribution in [0.1, 0.15) is 39.5 Å². The van der Waals surface area contributed by atoms with Gasteiger partial charge in [0, 0.05) is 32.0 Å². The number of nitrogens with zero attached hydrogens (tertiary/aromatic N) is 1. The lowest BCUT2D eigenvalue weighted by Gasteiger charge is -2.22. The van der Waals surface area contributed by atoms with Gasteiger partial charge >= 0.3 is 0 Å². The number of sulfonamides is 1. The first-order valence-corrected chi connectivity index (χ1v) is 13.1. The van der Waals surface area contributed by atoms with Gasteiger partial charge in [-0.3, -0.25) is 4.99 Å². The van der Waals surface area contributed by atoms with E-state index in [1.165, 1.54) is 6.26 Å². The van der Waals surface area contributed by atoms with Gasteiger partial charge in [-0.15, -0.1) is 24.0 Å². The van der Waals surface area contributed by atoms with Crippen LogP contribution in [0.3, 0.4) is 0 Å². The molecule has 0 amide bonds. The Morgan fingerprint density at radius 2 is 1.93 bits per heavy atom. The second-order valence-electron chi connectivity index (χ2n) is 6.88. The van der Waals surface area contributed by atoms with Gasteiger partial charge in [-0.25, -0.2) is 21.6 Å². The summed E-state index contributed by atoms with van der Waals surface area (Å²) in [5.74, 6) is 0.445. The van der Waals surface area contributed by atoms with E-state index < -0.39 is 19.9 Å². The van der Waals surface area contributed by atoms with Crippen LogP contribution < -0.4 is 15.4 Å². The molecule has 0 aromatic carbocycles. The lowest BCUT2D eigenvalue weighted by atomic mass is 10.1. The maximum atomic E-state index is 12.1. The van der Waals surface area contributed by atoms with Crippen molar-refractivity contribution < 1.29 is 21.6 Å². The fraction of sp³-hybridized carbons (Fsp3) is 0.938. The Morgan fingerprint density at radius 3 is 2.50 bits per heavy atom. The van der Waals surface area contributed by atoms with Gasteiger partial charge in [-0.2, -0.15) is 0 Å². The van der Waals surface area contributed by atoms with Crippen LogP contribution in [0.15, 0.2) is 4.99 Å². The highest BCUT2D eigenvalue weighted by Gasteiger charge is 2.17. The number of aliphatic imine (C=N–C) groups is 1. The highest BCUT2D eigenvalue weighted by molar-refractivity contribution is 14.0. The van der Waals surface area contributed by atoms with Crippen molar-refractivity contribution >= 4 is 49.8 Å². The smallest absolute Gasteiger partial charge is 0.213 e. The van der Waals surface area contributed by atoms with Gasteiger partial charge in [0.05, 0.1) is 24.2 Å². The molecule has 1 aliphatic heterocycles. The van der Waals surface area contributed by atoms with Crippen molar-refractivity contribution in [3.63, 3.8) is 0 Å². The minimum absolute atomic E-state index is 0. The van der Waals surface area contributed by atoms with Gasteiger partial charge in [-0.1, -0.05) is 0 Å². The molecule has 28 heavy (non-hydrogen) atoms. The molecule has 2 atom stereocenters. The summed E-state index contributed by atoms with van der Waals surface area (Å²) in [7, 11) is -6.44. The van der Waals surface area contributed by atoms with Crippen molar-refractivity contribution in [3.8, 4) is 0 Å². The molecule has 0 aromatic heterocycles. The quantitative estimate of drug-likeness (QED) is 0.193. The van der Waals surface area contributed by atoms with E-state index in [9.17, 15) is 16.8 Å². The van der Waals surface area contributed by atoms with Crippen LogP contribution in [0.5, 0.6) is 0 Å². The van der Waals surface area contributed by atoms with E-state index in [0.29, 0.717) is 32.1 Å². The second kappa shape index (κ2) is 13.9. The first-order chi connectivity index (χ1) is 12.6. The summed E-state index contributed by atoms with van der Waals surface area (Å²) in [5.41, 5.74) is 0. The van der Waals surface area contributed by atoms with Crippen molar-refractivity contribution in [3.05, 3.63) is 0 Å². The Labute approximate surface area is 186 Å². The Balaban J connectivity index is 0.00000729. The molecule has 12 heteroatoms. The zero-order valence-corrected chi connectivity index (χ0v) is 20.9. The third kappa shape index (κ3) is 13.9. The van der Waals surface area contributed by atoms with Crippen molar-refractivity contribution in [2.45, 2.75) is 51.7 Å². The lowest BCUT2D eigenvalue weighted by Crippen LogP contribution is -2.43. The lowest BCUT2D eigenvalue weighted by molar-refractivity contribution is 0.0200. The first kappa shape index (κ1) is 27.8. The maximum Gasteiger partial charge on any atom is 0.213 e. The minimum Gasteiger partial charge on any atom is -0.377 e. The molecule has 0 radical (unpaired) electrons. The average Bonchev–Trinajstić information content (AvgIpc) is 2.59. The minimum atomic E-state index is -3.42. The Morgan fingerprint density at radius 1 is 1.21 bits per heavy atom. The monoisotopic (exact) mass is 554 g/mol.